The van der Waals surface area contributed by atoms with Crippen LogP contribution in [-0.4, -0.2) is 24.4 Å². The van der Waals surface area contributed by atoms with Crippen molar-refractivity contribution in [2.45, 2.75) is 13.8 Å². The molecule has 0 radical (unpaired) electrons. The molecule has 0 saturated heterocycles. The molecule has 0 fully saturated rings. The summed E-state index contributed by atoms with van der Waals surface area (Å²) >= 11 is 0. The molecule has 1 unspecified atom stereocenters. The van der Waals surface area contributed by atoms with Crippen molar-refractivity contribution in [2.24, 2.45) is 5.92 Å². The zero-order valence-corrected chi connectivity index (χ0v) is 6.72. The Morgan fingerprint density at radius 3 is 2.80 bits per heavy atom. The van der Waals surface area contributed by atoms with E-state index in [-0.39, 0.29) is 5.91 Å². The van der Waals surface area contributed by atoms with Gasteiger partial charge in [-0.1, -0.05) is 12.5 Å². The minimum Gasteiger partial charge on any atom is -0.342 e. The Bertz CT molecular complexity index is 184. The number of hydrogen-bond donors (Lipinski definition) is 0. The fraction of sp³-hybridized carbons (Fsp3) is 0.625. The SMILES string of the molecule is CC1=CC(=O)N(C)CC1C. The molecule has 1 aliphatic heterocycles. The molecule has 56 valence electrons. The van der Waals surface area contributed by atoms with E-state index in [4.69, 9.17) is 0 Å². The number of carbonyl (C=O) groups is 1. The highest BCUT2D eigenvalue weighted by molar-refractivity contribution is 5.89. The van der Waals surface area contributed by atoms with Crippen LogP contribution < -0.4 is 0 Å². The van der Waals surface area contributed by atoms with Crippen molar-refractivity contribution < 1.29 is 4.79 Å². The molecule has 0 aromatic carbocycles. The van der Waals surface area contributed by atoms with Crippen LogP contribution in [0.15, 0.2) is 11.6 Å². The molecule has 1 atom stereocenters. The van der Waals surface area contributed by atoms with Gasteiger partial charge in [0.1, 0.15) is 0 Å². The maximum Gasteiger partial charge on any atom is 0.246 e. The number of carbonyl (C=O) groups excluding carboxylic acids is 1. The quantitative estimate of drug-likeness (QED) is 0.491. The number of hydrogen-bond acceptors (Lipinski definition) is 1. The summed E-state index contributed by atoms with van der Waals surface area (Å²) in [5.41, 5.74) is 1.20. The minimum atomic E-state index is 0.135. The molecule has 0 spiro atoms. The van der Waals surface area contributed by atoms with Gasteiger partial charge in [0.2, 0.25) is 5.91 Å². The van der Waals surface area contributed by atoms with Crippen LogP contribution in [0.4, 0.5) is 0 Å². The fourth-order valence-corrected chi connectivity index (χ4v) is 1.09. The van der Waals surface area contributed by atoms with Gasteiger partial charge >= 0.3 is 0 Å². The molecule has 1 rings (SSSR count). The van der Waals surface area contributed by atoms with Crippen LogP contribution in [0.5, 0.6) is 0 Å². The van der Waals surface area contributed by atoms with Crippen LogP contribution in [0.25, 0.3) is 0 Å². The summed E-state index contributed by atoms with van der Waals surface area (Å²) in [6.07, 6.45) is 1.72. The first-order valence-electron chi connectivity index (χ1n) is 3.54. The number of nitrogens with zero attached hydrogens (tertiary/aromatic N) is 1. The molecular formula is C8H13NO. The highest BCUT2D eigenvalue weighted by Crippen LogP contribution is 2.15. The van der Waals surface area contributed by atoms with Crippen LogP contribution in [-0.2, 0) is 4.79 Å². The molecule has 1 amide bonds. The third-order valence-electron chi connectivity index (χ3n) is 2.05. The predicted molar refractivity (Wildman–Crippen MR) is 40.6 cm³/mol. The third kappa shape index (κ3) is 1.20. The summed E-state index contributed by atoms with van der Waals surface area (Å²) in [7, 11) is 1.84. The van der Waals surface area contributed by atoms with E-state index in [1.54, 1.807) is 11.0 Å². The van der Waals surface area contributed by atoms with Crippen LogP contribution in [0, 0.1) is 5.92 Å². The molecule has 0 bridgehead atoms. The van der Waals surface area contributed by atoms with Gasteiger partial charge in [0, 0.05) is 19.7 Å². The second kappa shape index (κ2) is 2.45. The van der Waals surface area contributed by atoms with Gasteiger partial charge in [-0.3, -0.25) is 4.79 Å². The lowest BCUT2D eigenvalue weighted by molar-refractivity contribution is -0.125. The van der Waals surface area contributed by atoms with Crippen molar-refractivity contribution in [3.8, 4) is 0 Å². The molecule has 2 nitrogen and oxygen atoms in total. The molecule has 0 aromatic heterocycles. The van der Waals surface area contributed by atoms with Crippen LogP contribution in [0.1, 0.15) is 13.8 Å². The van der Waals surface area contributed by atoms with E-state index >= 15 is 0 Å². The van der Waals surface area contributed by atoms with E-state index < -0.39 is 0 Å². The summed E-state index contributed by atoms with van der Waals surface area (Å²) in [5.74, 6) is 0.665. The van der Waals surface area contributed by atoms with Gasteiger partial charge in [-0.25, -0.2) is 0 Å². The molecule has 1 heterocycles. The largest absolute Gasteiger partial charge is 0.342 e. The second-order valence-electron chi connectivity index (χ2n) is 3.01. The zero-order chi connectivity index (χ0) is 7.72. The van der Waals surface area contributed by atoms with Gasteiger partial charge in [0.25, 0.3) is 0 Å². The average molecular weight is 139 g/mol. The maximum atomic E-state index is 11.0. The van der Waals surface area contributed by atoms with Gasteiger partial charge in [0.05, 0.1) is 0 Å². The highest BCUT2D eigenvalue weighted by atomic mass is 16.2. The third-order valence-corrected chi connectivity index (χ3v) is 2.05. The topological polar surface area (TPSA) is 20.3 Å². The molecule has 0 aromatic rings. The summed E-state index contributed by atoms with van der Waals surface area (Å²) in [4.78, 5) is 12.7. The summed E-state index contributed by atoms with van der Waals surface area (Å²) < 4.78 is 0. The standard InChI is InChI=1S/C8H13NO/c1-6-4-8(10)9(3)5-7(6)2/h4,7H,5H2,1-3H3. The summed E-state index contributed by atoms with van der Waals surface area (Å²) in [6.45, 7) is 5.01. The first-order chi connectivity index (χ1) is 4.61. The predicted octanol–water partition coefficient (Wildman–Crippen LogP) is 1.04. The first-order valence-corrected chi connectivity index (χ1v) is 3.54. The lowest BCUT2D eigenvalue weighted by atomic mass is 9.99. The van der Waals surface area contributed by atoms with Crippen molar-refractivity contribution >= 4 is 5.91 Å². The summed E-state index contributed by atoms with van der Waals surface area (Å²) in [6, 6.07) is 0. The second-order valence-corrected chi connectivity index (χ2v) is 3.01. The van der Waals surface area contributed by atoms with Crippen LogP contribution >= 0.6 is 0 Å². The van der Waals surface area contributed by atoms with Crippen molar-refractivity contribution in [3.63, 3.8) is 0 Å². The van der Waals surface area contributed by atoms with Crippen LogP contribution in [0.3, 0.4) is 0 Å². The van der Waals surface area contributed by atoms with Gasteiger partial charge in [0.15, 0.2) is 0 Å². The van der Waals surface area contributed by atoms with Gasteiger partial charge in [-0.15, -0.1) is 0 Å². The Balaban J connectivity index is 2.79. The van der Waals surface area contributed by atoms with Crippen molar-refractivity contribution in [2.75, 3.05) is 13.6 Å². The molecule has 1 aliphatic rings. The first kappa shape index (κ1) is 7.32. The van der Waals surface area contributed by atoms with E-state index in [0.717, 1.165) is 6.54 Å². The Morgan fingerprint density at radius 1 is 1.70 bits per heavy atom. The Kier molecular flexibility index (Phi) is 1.79. The zero-order valence-electron chi connectivity index (χ0n) is 6.72. The van der Waals surface area contributed by atoms with E-state index in [2.05, 4.69) is 6.92 Å². The lowest BCUT2D eigenvalue weighted by Crippen LogP contribution is -2.34. The smallest absolute Gasteiger partial charge is 0.246 e. The van der Waals surface area contributed by atoms with Crippen molar-refractivity contribution in [1.82, 2.24) is 4.90 Å². The van der Waals surface area contributed by atoms with E-state index in [1.165, 1.54) is 5.57 Å². The Labute approximate surface area is 61.5 Å². The molecular weight excluding hydrogens is 126 g/mol. The number of amides is 1. The minimum absolute atomic E-state index is 0.135. The molecule has 0 aliphatic carbocycles. The molecule has 10 heavy (non-hydrogen) atoms. The highest BCUT2D eigenvalue weighted by Gasteiger charge is 2.17. The molecule has 0 saturated carbocycles. The van der Waals surface area contributed by atoms with E-state index in [0.29, 0.717) is 5.92 Å². The normalized spacial score (nSPS) is 26.7. The average Bonchev–Trinajstić information content (AvgIpc) is 1.84. The fourth-order valence-electron chi connectivity index (χ4n) is 1.09. The lowest BCUT2D eigenvalue weighted by Gasteiger charge is -2.25. The Hall–Kier alpha value is -0.790. The maximum absolute atomic E-state index is 11.0. The molecule has 0 N–H and O–H groups in total. The number of rotatable bonds is 0. The van der Waals surface area contributed by atoms with Crippen LogP contribution in [0.2, 0.25) is 0 Å². The van der Waals surface area contributed by atoms with Crippen molar-refractivity contribution in [3.05, 3.63) is 11.6 Å². The van der Waals surface area contributed by atoms with Gasteiger partial charge in [-0.05, 0) is 12.8 Å². The van der Waals surface area contributed by atoms with E-state index in [9.17, 15) is 4.79 Å². The molecule has 2 heteroatoms. The monoisotopic (exact) mass is 139 g/mol. The van der Waals surface area contributed by atoms with Gasteiger partial charge < -0.3 is 4.90 Å². The summed E-state index contributed by atoms with van der Waals surface area (Å²) in [5, 5.41) is 0. The van der Waals surface area contributed by atoms with Crippen molar-refractivity contribution in [1.29, 1.82) is 0 Å². The number of likely N-dealkylation sites (N-methyl/N-ethyl adjacent to an activating group) is 1. The van der Waals surface area contributed by atoms with E-state index in [1.807, 2.05) is 14.0 Å². The van der Waals surface area contributed by atoms with Gasteiger partial charge in [-0.2, -0.15) is 0 Å². The Morgan fingerprint density at radius 2 is 2.30 bits per heavy atom.